The fourth-order valence-corrected chi connectivity index (χ4v) is 4.10. The third-order valence-corrected chi connectivity index (χ3v) is 5.70. The Bertz CT molecular complexity index is 715. The highest BCUT2D eigenvalue weighted by atomic mass is 35.5. The van der Waals surface area contributed by atoms with Crippen LogP contribution < -0.4 is 4.90 Å². The van der Waals surface area contributed by atoms with Crippen molar-refractivity contribution in [3.8, 4) is 0 Å². The average Bonchev–Trinajstić information content (AvgIpc) is 2.65. The van der Waals surface area contributed by atoms with Crippen LogP contribution in [0, 0.1) is 6.92 Å². The minimum atomic E-state index is 0.239. The first kappa shape index (κ1) is 18.2. The van der Waals surface area contributed by atoms with Gasteiger partial charge < -0.3 is 9.80 Å². The van der Waals surface area contributed by atoms with E-state index in [2.05, 4.69) is 30.0 Å². The van der Waals surface area contributed by atoms with Gasteiger partial charge in [0.15, 0.2) is 0 Å². The van der Waals surface area contributed by atoms with Gasteiger partial charge in [-0.05, 0) is 30.2 Å². The number of nitrogens with zero attached hydrogens (tertiary/aromatic N) is 2. The predicted octanol–water partition coefficient (Wildman–Crippen LogP) is 4.23. The number of hydrogen-bond acceptors (Lipinski definition) is 3. The lowest BCUT2D eigenvalue weighted by Gasteiger charge is -2.37. The molecule has 1 amide bonds. The number of aryl methyl sites for hydroxylation is 1. The minimum absolute atomic E-state index is 0.239. The van der Waals surface area contributed by atoms with Crippen LogP contribution in [0.1, 0.15) is 11.1 Å². The first-order chi connectivity index (χ1) is 12.1. The number of hydrogen-bond donors (Lipinski definition) is 0. The number of amides is 1. The fourth-order valence-electron chi connectivity index (χ4n) is 3.04. The Hall–Kier alpha value is -1.65. The molecule has 5 heteroatoms. The van der Waals surface area contributed by atoms with Gasteiger partial charge in [0, 0.05) is 42.6 Å². The van der Waals surface area contributed by atoms with Crippen molar-refractivity contribution in [3.63, 3.8) is 0 Å². The summed E-state index contributed by atoms with van der Waals surface area (Å²) in [7, 11) is 0. The molecule has 2 aromatic carbocycles. The van der Waals surface area contributed by atoms with Gasteiger partial charge in [0.2, 0.25) is 5.91 Å². The van der Waals surface area contributed by atoms with E-state index in [1.807, 2.05) is 35.2 Å². The van der Waals surface area contributed by atoms with E-state index in [1.165, 1.54) is 16.8 Å². The molecule has 0 bridgehead atoms. The van der Waals surface area contributed by atoms with Gasteiger partial charge in [-0.15, -0.1) is 11.8 Å². The minimum Gasteiger partial charge on any atom is -0.368 e. The van der Waals surface area contributed by atoms with Crippen LogP contribution in [-0.4, -0.2) is 42.7 Å². The lowest BCUT2D eigenvalue weighted by molar-refractivity contribution is -0.128. The van der Waals surface area contributed by atoms with Crippen LogP contribution in [0.5, 0.6) is 0 Å². The van der Waals surface area contributed by atoms with Gasteiger partial charge in [-0.1, -0.05) is 48.0 Å². The number of carbonyl (C=O) groups is 1. The maximum atomic E-state index is 12.4. The van der Waals surface area contributed by atoms with Gasteiger partial charge in [0.1, 0.15) is 0 Å². The molecule has 3 rings (SSSR count). The van der Waals surface area contributed by atoms with Crippen LogP contribution in [0.15, 0.2) is 48.5 Å². The lowest BCUT2D eigenvalue weighted by Crippen LogP contribution is -2.49. The largest absolute Gasteiger partial charge is 0.368 e. The molecule has 0 aromatic heterocycles. The van der Waals surface area contributed by atoms with Gasteiger partial charge >= 0.3 is 0 Å². The number of thioether (sulfide) groups is 1. The molecule has 132 valence electrons. The Morgan fingerprint density at radius 2 is 1.80 bits per heavy atom. The molecule has 1 fully saturated rings. The van der Waals surface area contributed by atoms with Crippen LogP contribution in [0.3, 0.4) is 0 Å². The third kappa shape index (κ3) is 4.93. The highest BCUT2D eigenvalue weighted by molar-refractivity contribution is 7.99. The number of halogens is 1. The SMILES string of the molecule is Cc1ccc(Cl)cc1N1CCN(C(=O)CSCc2ccccc2)CC1. The molecule has 3 nitrogen and oxygen atoms in total. The first-order valence-corrected chi connectivity index (χ1v) is 10.1. The first-order valence-electron chi connectivity index (χ1n) is 8.54. The van der Waals surface area contributed by atoms with Crippen LogP contribution >= 0.6 is 23.4 Å². The molecular formula is C20H23ClN2OS. The summed E-state index contributed by atoms with van der Waals surface area (Å²) in [6, 6.07) is 16.3. The Kier molecular flexibility index (Phi) is 6.27. The second-order valence-electron chi connectivity index (χ2n) is 6.28. The summed E-state index contributed by atoms with van der Waals surface area (Å²) >= 11 is 7.82. The highest BCUT2D eigenvalue weighted by Crippen LogP contribution is 2.25. The van der Waals surface area contributed by atoms with Crippen LogP contribution in [0.2, 0.25) is 5.02 Å². The van der Waals surface area contributed by atoms with E-state index in [9.17, 15) is 4.79 Å². The average molecular weight is 375 g/mol. The standard InChI is InChI=1S/C20H23ClN2OS/c1-16-7-8-18(21)13-19(16)22-9-11-23(12-10-22)20(24)15-25-14-17-5-3-2-4-6-17/h2-8,13H,9-12,14-15H2,1H3. The van der Waals surface area contributed by atoms with E-state index >= 15 is 0 Å². The van der Waals surface area contributed by atoms with Crippen LogP contribution in [0.4, 0.5) is 5.69 Å². The van der Waals surface area contributed by atoms with Crippen molar-refractivity contribution < 1.29 is 4.79 Å². The van der Waals surface area contributed by atoms with Crippen LogP contribution in [0.25, 0.3) is 0 Å². The number of benzene rings is 2. The number of rotatable bonds is 5. The van der Waals surface area contributed by atoms with Crippen molar-refractivity contribution >= 4 is 35.0 Å². The lowest BCUT2D eigenvalue weighted by atomic mass is 10.1. The smallest absolute Gasteiger partial charge is 0.232 e. The second kappa shape index (κ2) is 8.63. The number of piperazine rings is 1. The van der Waals surface area contributed by atoms with Crippen molar-refractivity contribution in [2.45, 2.75) is 12.7 Å². The molecule has 0 unspecified atom stereocenters. The van der Waals surface area contributed by atoms with E-state index < -0.39 is 0 Å². The quantitative estimate of drug-likeness (QED) is 0.782. The Morgan fingerprint density at radius 3 is 2.52 bits per heavy atom. The molecule has 0 N–H and O–H groups in total. The molecule has 1 heterocycles. The topological polar surface area (TPSA) is 23.6 Å². The molecular weight excluding hydrogens is 352 g/mol. The van der Waals surface area contributed by atoms with E-state index in [-0.39, 0.29) is 5.91 Å². The second-order valence-corrected chi connectivity index (χ2v) is 7.70. The van der Waals surface area contributed by atoms with Crippen molar-refractivity contribution in [1.82, 2.24) is 4.90 Å². The Morgan fingerprint density at radius 1 is 1.08 bits per heavy atom. The number of carbonyl (C=O) groups excluding carboxylic acids is 1. The highest BCUT2D eigenvalue weighted by Gasteiger charge is 2.22. The molecule has 0 atom stereocenters. The molecule has 0 aliphatic carbocycles. The Labute approximate surface area is 159 Å². The summed E-state index contributed by atoms with van der Waals surface area (Å²) in [5.41, 5.74) is 3.67. The van der Waals surface area contributed by atoms with Gasteiger partial charge in [-0.3, -0.25) is 4.79 Å². The van der Waals surface area contributed by atoms with Gasteiger partial charge in [-0.25, -0.2) is 0 Å². The summed E-state index contributed by atoms with van der Waals surface area (Å²) in [6.07, 6.45) is 0. The zero-order valence-electron chi connectivity index (χ0n) is 14.5. The van der Waals surface area contributed by atoms with Gasteiger partial charge in [0.05, 0.1) is 5.75 Å². The van der Waals surface area contributed by atoms with E-state index in [4.69, 9.17) is 11.6 Å². The van der Waals surface area contributed by atoms with Crippen molar-refractivity contribution in [1.29, 1.82) is 0 Å². The summed E-state index contributed by atoms with van der Waals surface area (Å²) in [6.45, 7) is 5.36. The van der Waals surface area contributed by atoms with E-state index in [0.717, 1.165) is 37.0 Å². The molecule has 0 radical (unpaired) electrons. The fraction of sp³-hybridized carbons (Fsp3) is 0.350. The zero-order chi connectivity index (χ0) is 17.6. The maximum absolute atomic E-state index is 12.4. The van der Waals surface area contributed by atoms with Crippen LogP contribution in [-0.2, 0) is 10.5 Å². The summed E-state index contributed by atoms with van der Waals surface area (Å²) in [4.78, 5) is 16.7. The summed E-state index contributed by atoms with van der Waals surface area (Å²) in [5, 5.41) is 0.761. The van der Waals surface area contributed by atoms with E-state index in [0.29, 0.717) is 5.75 Å². The zero-order valence-corrected chi connectivity index (χ0v) is 16.0. The van der Waals surface area contributed by atoms with Crippen molar-refractivity contribution in [2.24, 2.45) is 0 Å². The molecule has 25 heavy (non-hydrogen) atoms. The third-order valence-electron chi connectivity index (χ3n) is 4.48. The molecule has 0 saturated carbocycles. The van der Waals surface area contributed by atoms with Gasteiger partial charge in [0.25, 0.3) is 0 Å². The normalized spacial score (nSPS) is 14.6. The van der Waals surface area contributed by atoms with E-state index in [1.54, 1.807) is 11.8 Å². The molecule has 1 aliphatic rings. The predicted molar refractivity (Wildman–Crippen MR) is 108 cm³/mol. The monoisotopic (exact) mass is 374 g/mol. The molecule has 0 spiro atoms. The maximum Gasteiger partial charge on any atom is 0.232 e. The Balaban J connectivity index is 1.47. The van der Waals surface area contributed by atoms with Crippen molar-refractivity contribution in [3.05, 3.63) is 64.7 Å². The molecule has 2 aromatic rings. The summed E-state index contributed by atoms with van der Waals surface area (Å²) < 4.78 is 0. The molecule has 1 aliphatic heterocycles. The summed E-state index contributed by atoms with van der Waals surface area (Å²) in [5.74, 6) is 1.67. The molecule has 1 saturated heterocycles. The van der Waals surface area contributed by atoms with Gasteiger partial charge in [-0.2, -0.15) is 0 Å². The van der Waals surface area contributed by atoms with Crippen molar-refractivity contribution in [2.75, 3.05) is 36.8 Å². The number of anilines is 1.